The largest absolute Gasteiger partial charge is 0.401 e. The van der Waals surface area contributed by atoms with Crippen LogP contribution in [0.1, 0.15) is 25.0 Å². The van der Waals surface area contributed by atoms with E-state index in [2.05, 4.69) is 22.7 Å². The first-order valence-electron chi connectivity index (χ1n) is 7.79. The molecule has 24 heavy (non-hydrogen) atoms. The standard InChI is InChI=1S/C19H23ClN4/c1-13(14(2)23-24-18-9-7-17(20)8-10-18)19(22)11-15-3-5-16(12-21)6-4-15/h3-10,24H,11-12,21-22H2,1-2H3. The van der Waals surface area contributed by atoms with Gasteiger partial charge in [-0.2, -0.15) is 5.10 Å². The Bertz CT molecular complexity index is 731. The van der Waals surface area contributed by atoms with Crippen molar-refractivity contribution in [3.8, 4) is 0 Å². The summed E-state index contributed by atoms with van der Waals surface area (Å²) in [6.45, 7) is 4.46. The lowest BCUT2D eigenvalue weighted by atomic mass is 10.0. The molecule has 0 fully saturated rings. The zero-order valence-electron chi connectivity index (χ0n) is 14.0. The van der Waals surface area contributed by atoms with Gasteiger partial charge in [-0.05, 0) is 54.8 Å². The fourth-order valence-corrected chi connectivity index (χ4v) is 2.26. The molecule has 0 aliphatic rings. The number of allylic oxidation sites excluding steroid dienone is 2. The minimum absolute atomic E-state index is 0.548. The molecule has 0 saturated carbocycles. The van der Waals surface area contributed by atoms with E-state index in [9.17, 15) is 0 Å². The monoisotopic (exact) mass is 342 g/mol. The number of rotatable bonds is 6. The summed E-state index contributed by atoms with van der Waals surface area (Å²) >= 11 is 5.87. The van der Waals surface area contributed by atoms with Crippen LogP contribution in [0.5, 0.6) is 0 Å². The Morgan fingerprint density at radius 2 is 1.58 bits per heavy atom. The van der Waals surface area contributed by atoms with Crippen molar-refractivity contribution in [1.82, 2.24) is 0 Å². The van der Waals surface area contributed by atoms with E-state index in [-0.39, 0.29) is 0 Å². The van der Waals surface area contributed by atoms with Crippen LogP contribution in [0.15, 0.2) is 64.9 Å². The molecule has 5 heteroatoms. The van der Waals surface area contributed by atoms with Crippen LogP contribution in [0, 0.1) is 0 Å². The Labute approximate surface area is 148 Å². The molecule has 0 saturated heterocycles. The third-order valence-electron chi connectivity index (χ3n) is 3.87. The van der Waals surface area contributed by atoms with Crippen LogP contribution in [0.25, 0.3) is 0 Å². The smallest absolute Gasteiger partial charge is 0.0622 e. The van der Waals surface area contributed by atoms with E-state index >= 15 is 0 Å². The van der Waals surface area contributed by atoms with Gasteiger partial charge in [0.2, 0.25) is 0 Å². The predicted molar refractivity (Wildman–Crippen MR) is 103 cm³/mol. The Hall–Kier alpha value is -2.30. The van der Waals surface area contributed by atoms with E-state index in [0.29, 0.717) is 18.0 Å². The summed E-state index contributed by atoms with van der Waals surface area (Å²) < 4.78 is 0. The van der Waals surface area contributed by atoms with Gasteiger partial charge >= 0.3 is 0 Å². The molecule has 0 unspecified atom stereocenters. The SMILES string of the molecule is CC(=NNc1ccc(Cl)cc1)C(C)=C(N)Cc1ccc(CN)cc1. The molecule has 0 bridgehead atoms. The number of nitrogens with one attached hydrogen (secondary N) is 1. The molecule has 2 rings (SSSR count). The number of benzene rings is 2. The van der Waals surface area contributed by atoms with Crippen molar-refractivity contribution in [3.63, 3.8) is 0 Å². The average molecular weight is 343 g/mol. The maximum absolute atomic E-state index is 6.24. The molecule has 0 radical (unpaired) electrons. The van der Waals surface area contributed by atoms with Crippen LogP contribution in [0.4, 0.5) is 5.69 Å². The summed E-state index contributed by atoms with van der Waals surface area (Å²) in [5, 5.41) is 5.08. The normalized spacial score (nSPS) is 12.8. The van der Waals surface area contributed by atoms with Gasteiger partial charge in [0, 0.05) is 23.7 Å². The summed E-state index contributed by atoms with van der Waals surface area (Å²) in [6, 6.07) is 15.6. The van der Waals surface area contributed by atoms with Crippen LogP contribution in [0.3, 0.4) is 0 Å². The highest BCUT2D eigenvalue weighted by Crippen LogP contribution is 2.14. The summed E-state index contributed by atoms with van der Waals surface area (Å²) in [5.74, 6) is 0. The molecule has 0 heterocycles. The summed E-state index contributed by atoms with van der Waals surface area (Å²) in [5.41, 5.74) is 20.6. The minimum Gasteiger partial charge on any atom is -0.401 e. The van der Waals surface area contributed by atoms with Crippen molar-refractivity contribution in [1.29, 1.82) is 0 Å². The van der Waals surface area contributed by atoms with Crippen molar-refractivity contribution in [2.75, 3.05) is 5.43 Å². The molecule has 0 spiro atoms. The fourth-order valence-electron chi connectivity index (χ4n) is 2.13. The van der Waals surface area contributed by atoms with Crippen LogP contribution in [-0.2, 0) is 13.0 Å². The number of nitrogens with zero attached hydrogens (tertiary/aromatic N) is 1. The maximum atomic E-state index is 6.24. The third kappa shape index (κ3) is 5.11. The fraction of sp³-hybridized carbons (Fsp3) is 0.211. The topological polar surface area (TPSA) is 76.4 Å². The highest BCUT2D eigenvalue weighted by molar-refractivity contribution is 6.30. The van der Waals surface area contributed by atoms with Crippen molar-refractivity contribution >= 4 is 23.0 Å². The van der Waals surface area contributed by atoms with E-state index in [4.69, 9.17) is 23.1 Å². The van der Waals surface area contributed by atoms with Crippen molar-refractivity contribution in [3.05, 3.63) is 76.0 Å². The molecule has 126 valence electrons. The molecule has 5 N–H and O–H groups in total. The number of nitrogens with two attached hydrogens (primary N) is 2. The van der Waals surface area contributed by atoms with Crippen LogP contribution >= 0.6 is 11.6 Å². The van der Waals surface area contributed by atoms with Gasteiger partial charge in [-0.1, -0.05) is 35.9 Å². The van der Waals surface area contributed by atoms with Gasteiger partial charge in [0.15, 0.2) is 0 Å². The first-order valence-corrected chi connectivity index (χ1v) is 8.16. The first kappa shape index (κ1) is 18.0. The second-order valence-corrected chi connectivity index (χ2v) is 6.10. The van der Waals surface area contributed by atoms with Crippen molar-refractivity contribution in [2.45, 2.75) is 26.8 Å². The summed E-state index contributed by atoms with van der Waals surface area (Å²) in [7, 11) is 0. The first-order chi connectivity index (χ1) is 11.5. The highest BCUT2D eigenvalue weighted by Gasteiger charge is 2.04. The lowest BCUT2D eigenvalue weighted by molar-refractivity contribution is 1.05. The molecule has 2 aromatic rings. The number of halogens is 1. The van der Waals surface area contributed by atoms with Gasteiger partial charge in [-0.15, -0.1) is 0 Å². The molecule has 0 atom stereocenters. The molecule has 0 aliphatic carbocycles. The Kier molecular flexibility index (Phi) is 6.41. The minimum atomic E-state index is 0.548. The zero-order valence-corrected chi connectivity index (χ0v) is 14.8. The predicted octanol–water partition coefficient (Wildman–Crippen LogP) is 4.06. The molecule has 2 aromatic carbocycles. The van der Waals surface area contributed by atoms with Crippen LogP contribution in [-0.4, -0.2) is 5.71 Å². The summed E-state index contributed by atoms with van der Waals surface area (Å²) in [4.78, 5) is 0. The number of hydrazone groups is 1. The van der Waals surface area contributed by atoms with Crippen LogP contribution < -0.4 is 16.9 Å². The van der Waals surface area contributed by atoms with E-state index in [1.807, 2.05) is 50.2 Å². The number of anilines is 1. The zero-order chi connectivity index (χ0) is 17.5. The summed E-state index contributed by atoms with van der Waals surface area (Å²) in [6.07, 6.45) is 0.685. The molecular weight excluding hydrogens is 320 g/mol. The second kappa shape index (κ2) is 8.52. The highest BCUT2D eigenvalue weighted by atomic mass is 35.5. The molecule has 0 amide bonds. The molecular formula is C19H23ClN4. The number of hydrogen-bond donors (Lipinski definition) is 3. The van der Waals surface area contributed by atoms with Gasteiger partial charge in [-0.25, -0.2) is 0 Å². The van der Waals surface area contributed by atoms with Gasteiger partial charge in [-0.3, -0.25) is 5.43 Å². The van der Waals surface area contributed by atoms with Gasteiger partial charge in [0.1, 0.15) is 0 Å². The molecule has 4 nitrogen and oxygen atoms in total. The van der Waals surface area contributed by atoms with E-state index < -0.39 is 0 Å². The average Bonchev–Trinajstić information content (AvgIpc) is 2.61. The second-order valence-electron chi connectivity index (χ2n) is 5.66. The Balaban J connectivity index is 2.05. The Morgan fingerprint density at radius 3 is 2.17 bits per heavy atom. The van der Waals surface area contributed by atoms with Gasteiger partial charge in [0.05, 0.1) is 11.4 Å². The van der Waals surface area contributed by atoms with E-state index in [0.717, 1.165) is 33.8 Å². The molecule has 0 aromatic heterocycles. The van der Waals surface area contributed by atoms with E-state index in [1.165, 1.54) is 0 Å². The quantitative estimate of drug-likeness (QED) is 0.547. The Morgan fingerprint density at radius 1 is 1.00 bits per heavy atom. The third-order valence-corrected chi connectivity index (χ3v) is 4.13. The number of hydrogen-bond acceptors (Lipinski definition) is 4. The van der Waals surface area contributed by atoms with Crippen LogP contribution in [0.2, 0.25) is 5.02 Å². The van der Waals surface area contributed by atoms with Crippen molar-refractivity contribution < 1.29 is 0 Å². The van der Waals surface area contributed by atoms with Gasteiger partial charge < -0.3 is 11.5 Å². The maximum Gasteiger partial charge on any atom is 0.0622 e. The van der Waals surface area contributed by atoms with Crippen molar-refractivity contribution in [2.24, 2.45) is 16.6 Å². The van der Waals surface area contributed by atoms with E-state index in [1.54, 1.807) is 0 Å². The van der Waals surface area contributed by atoms with Gasteiger partial charge in [0.25, 0.3) is 0 Å². The lowest BCUT2D eigenvalue weighted by Gasteiger charge is -2.09. The lowest BCUT2D eigenvalue weighted by Crippen LogP contribution is -2.10. The molecule has 0 aliphatic heterocycles.